The van der Waals surface area contributed by atoms with Crippen LogP contribution in [0.15, 0.2) is 35.0 Å². The van der Waals surface area contributed by atoms with Crippen molar-refractivity contribution in [2.75, 3.05) is 36.5 Å². The van der Waals surface area contributed by atoms with Crippen LogP contribution in [0, 0.1) is 6.92 Å². The van der Waals surface area contributed by atoms with Gasteiger partial charge in [-0.05, 0) is 50.1 Å². The van der Waals surface area contributed by atoms with Crippen LogP contribution in [-0.4, -0.2) is 67.0 Å². The number of aromatic hydroxyl groups is 1. The maximum Gasteiger partial charge on any atom is 0.235 e. The highest BCUT2D eigenvalue weighted by Crippen LogP contribution is 2.36. The lowest BCUT2D eigenvalue weighted by Gasteiger charge is -2.34. The smallest absolute Gasteiger partial charge is 0.235 e. The number of hydrogen-bond acceptors (Lipinski definition) is 10. The van der Waals surface area contributed by atoms with Gasteiger partial charge in [0.2, 0.25) is 21.8 Å². The SMILES string of the molecule is CNNc1cc(-c2cnc(O)c(NS(C)(=O)=O)c2)cc(-c2ncc(CN3C[C@@H](C)O[C@@H](C)C3)o2)c1C. The van der Waals surface area contributed by atoms with Gasteiger partial charge in [0.05, 0.1) is 36.9 Å². The topological polar surface area (TPSA) is 142 Å². The molecule has 0 radical (unpaired) electrons. The number of benzene rings is 1. The van der Waals surface area contributed by atoms with Gasteiger partial charge in [-0.3, -0.25) is 9.62 Å². The molecule has 0 unspecified atom stereocenters. The zero-order chi connectivity index (χ0) is 26.0. The van der Waals surface area contributed by atoms with Crippen molar-refractivity contribution in [3.63, 3.8) is 0 Å². The van der Waals surface area contributed by atoms with Crippen LogP contribution in [0.25, 0.3) is 22.6 Å². The molecule has 0 spiro atoms. The van der Waals surface area contributed by atoms with Gasteiger partial charge in [0.1, 0.15) is 11.4 Å². The number of aromatic nitrogens is 2. The van der Waals surface area contributed by atoms with Gasteiger partial charge in [-0.25, -0.2) is 23.8 Å². The van der Waals surface area contributed by atoms with Gasteiger partial charge in [-0.2, -0.15) is 0 Å². The molecule has 36 heavy (non-hydrogen) atoms. The number of hydrazine groups is 1. The van der Waals surface area contributed by atoms with Gasteiger partial charge in [-0.15, -0.1) is 0 Å². The van der Waals surface area contributed by atoms with Crippen LogP contribution in [0.2, 0.25) is 0 Å². The van der Waals surface area contributed by atoms with Crippen LogP contribution in [-0.2, 0) is 21.3 Å². The van der Waals surface area contributed by atoms with Crippen LogP contribution in [0.3, 0.4) is 0 Å². The summed E-state index contributed by atoms with van der Waals surface area (Å²) < 4.78 is 37.7. The largest absolute Gasteiger partial charge is 0.492 e. The molecule has 1 aromatic carbocycles. The fraction of sp³-hybridized carbons (Fsp3) is 0.417. The molecule has 1 saturated heterocycles. The van der Waals surface area contributed by atoms with Crippen molar-refractivity contribution in [1.82, 2.24) is 20.3 Å². The molecule has 0 aliphatic carbocycles. The molecule has 0 bridgehead atoms. The molecule has 4 rings (SSSR count). The summed E-state index contributed by atoms with van der Waals surface area (Å²) in [6, 6.07) is 5.33. The highest BCUT2D eigenvalue weighted by Gasteiger charge is 2.24. The second kappa shape index (κ2) is 10.4. The summed E-state index contributed by atoms with van der Waals surface area (Å²) in [6.07, 6.45) is 4.55. The summed E-state index contributed by atoms with van der Waals surface area (Å²) in [5.74, 6) is 0.818. The number of anilines is 2. The number of ether oxygens (including phenoxy) is 1. The lowest BCUT2D eigenvalue weighted by molar-refractivity contribution is -0.0718. The van der Waals surface area contributed by atoms with E-state index in [1.165, 1.54) is 12.3 Å². The lowest BCUT2D eigenvalue weighted by atomic mass is 9.98. The summed E-state index contributed by atoms with van der Waals surface area (Å²) in [4.78, 5) is 10.8. The van der Waals surface area contributed by atoms with Crippen molar-refractivity contribution in [3.05, 3.63) is 41.9 Å². The summed E-state index contributed by atoms with van der Waals surface area (Å²) in [6.45, 7) is 8.36. The Hall–Kier alpha value is -3.19. The van der Waals surface area contributed by atoms with Crippen LogP contribution >= 0.6 is 0 Å². The molecule has 3 heterocycles. The quantitative estimate of drug-likeness (QED) is 0.330. The first kappa shape index (κ1) is 25.9. The fourth-order valence-corrected chi connectivity index (χ4v) is 4.95. The van der Waals surface area contributed by atoms with Crippen molar-refractivity contribution in [1.29, 1.82) is 0 Å². The van der Waals surface area contributed by atoms with Gasteiger partial charge in [0.15, 0.2) is 0 Å². The molecule has 12 heteroatoms. The molecular formula is C24H32N6O5S. The fourth-order valence-electron chi connectivity index (χ4n) is 4.40. The molecule has 1 aliphatic heterocycles. The summed E-state index contributed by atoms with van der Waals surface area (Å²) in [7, 11) is -1.84. The highest BCUT2D eigenvalue weighted by atomic mass is 32.2. The second-order valence-electron chi connectivity index (χ2n) is 9.12. The number of oxazole rings is 1. The number of morpholine rings is 1. The van der Waals surface area contributed by atoms with E-state index in [1.807, 2.05) is 19.1 Å². The average molecular weight is 517 g/mol. The molecule has 3 aromatic rings. The predicted molar refractivity (Wildman–Crippen MR) is 138 cm³/mol. The molecule has 2 atom stereocenters. The number of nitrogens with one attached hydrogen (secondary N) is 3. The molecule has 4 N–H and O–H groups in total. The lowest BCUT2D eigenvalue weighted by Crippen LogP contribution is -2.44. The van der Waals surface area contributed by atoms with E-state index in [9.17, 15) is 13.5 Å². The Bertz CT molecular complexity index is 1330. The summed E-state index contributed by atoms with van der Waals surface area (Å²) in [5.41, 5.74) is 9.84. The minimum Gasteiger partial charge on any atom is -0.492 e. The van der Waals surface area contributed by atoms with Crippen LogP contribution in [0.4, 0.5) is 11.4 Å². The van der Waals surface area contributed by atoms with Crippen LogP contribution < -0.4 is 15.6 Å². The zero-order valence-corrected chi connectivity index (χ0v) is 21.8. The van der Waals surface area contributed by atoms with E-state index in [0.29, 0.717) is 18.0 Å². The van der Waals surface area contributed by atoms with Crippen LogP contribution in [0.5, 0.6) is 5.88 Å². The van der Waals surface area contributed by atoms with Gasteiger partial charge >= 0.3 is 0 Å². The molecule has 1 fully saturated rings. The molecular weight excluding hydrogens is 484 g/mol. The summed E-state index contributed by atoms with van der Waals surface area (Å²) >= 11 is 0. The number of pyridine rings is 1. The molecule has 194 valence electrons. The summed E-state index contributed by atoms with van der Waals surface area (Å²) in [5, 5.41) is 10.0. The Balaban J connectivity index is 1.69. The molecule has 0 saturated carbocycles. The maximum absolute atomic E-state index is 11.7. The molecule has 0 amide bonds. The first-order chi connectivity index (χ1) is 17.0. The van der Waals surface area contributed by atoms with E-state index in [1.54, 1.807) is 13.2 Å². The second-order valence-corrected chi connectivity index (χ2v) is 10.9. The Morgan fingerprint density at radius 2 is 1.78 bits per heavy atom. The Labute approximate surface area is 210 Å². The normalized spacial score (nSPS) is 18.8. The average Bonchev–Trinajstić information content (AvgIpc) is 3.23. The van der Waals surface area contributed by atoms with E-state index < -0.39 is 15.9 Å². The van der Waals surface area contributed by atoms with Crippen LogP contribution in [0.1, 0.15) is 25.2 Å². The number of hydrogen-bond donors (Lipinski definition) is 4. The standard InChI is InChI=1S/C24H32N6O5S/c1-14-11-30(12-15(2)34-14)13-19-10-27-24(35-19)20-6-17(7-21(16(20)3)28-25-4)18-8-22(23(31)26-9-18)29-36(5,32)33/h6-10,14-15,25,28-29H,11-13H2,1-5H3,(H,26,31)/t14-,15+. The Kier molecular flexibility index (Phi) is 7.50. The van der Waals surface area contributed by atoms with E-state index >= 15 is 0 Å². The van der Waals surface area contributed by atoms with E-state index in [-0.39, 0.29) is 17.9 Å². The van der Waals surface area contributed by atoms with Crippen molar-refractivity contribution in [3.8, 4) is 28.5 Å². The molecule has 2 aromatic heterocycles. The monoisotopic (exact) mass is 516 g/mol. The maximum atomic E-state index is 11.7. The first-order valence-corrected chi connectivity index (χ1v) is 13.5. The van der Waals surface area contributed by atoms with Gasteiger partial charge in [0, 0.05) is 37.5 Å². The van der Waals surface area contributed by atoms with Gasteiger partial charge < -0.3 is 19.7 Å². The van der Waals surface area contributed by atoms with Gasteiger partial charge in [-0.1, -0.05) is 0 Å². The molecule has 1 aliphatic rings. The van der Waals surface area contributed by atoms with Crippen molar-refractivity contribution < 1.29 is 22.7 Å². The number of sulfonamides is 1. The van der Waals surface area contributed by atoms with E-state index in [2.05, 4.69) is 44.3 Å². The molecule has 11 nitrogen and oxygen atoms in total. The third kappa shape index (κ3) is 6.13. The highest BCUT2D eigenvalue weighted by molar-refractivity contribution is 7.92. The van der Waals surface area contributed by atoms with E-state index in [0.717, 1.165) is 47.5 Å². The van der Waals surface area contributed by atoms with Crippen molar-refractivity contribution >= 4 is 21.4 Å². The van der Waals surface area contributed by atoms with Crippen molar-refractivity contribution in [2.45, 2.75) is 39.5 Å². The minimum absolute atomic E-state index is 0.00683. The van der Waals surface area contributed by atoms with E-state index in [4.69, 9.17) is 9.15 Å². The Morgan fingerprint density at radius 3 is 2.44 bits per heavy atom. The minimum atomic E-state index is -3.60. The zero-order valence-electron chi connectivity index (χ0n) is 21.0. The third-order valence-electron chi connectivity index (χ3n) is 5.82. The number of nitrogens with zero attached hydrogens (tertiary/aromatic N) is 3. The Morgan fingerprint density at radius 1 is 1.08 bits per heavy atom. The first-order valence-electron chi connectivity index (χ1n) is 11.6. The predicted octanol–water partition coefficient (Wildman–Crippen LogP) is 2.94. The van der Waals surface area contributed by atoms with Crippen molar-refractivity contribution in [2.24, 2.45) is 0 Å². The van der Waals surface area contributed by atoms with Gasteiger partial charge in [0.25, 0.3) is 0 Å². The third-order valence-corrected chi connectivity index (χ3v) is 6.41. The number of rotatable bonds is 8.